The minimum absolute atomic E-state index is 0.0174. The highest BCUT2D eigenvalue weighted by Gasteiger charge is 2.14. The van der Waals surface area contributed by atoms with Gasteiger partial charge in [0.15, 0.2) is 11.5 Å². The Morgan fingerprint density at radius 2 is 1.53 bits per heavy atom. The SMILES string of the molecule is CCOc1cc(C(=O)Nc2ccc(C(=O)N(CC)CC)cc2)ccc1OCC(C)C. The monoisotopic (exact) mass is 412 g/mol. The first-order chi connectivity index (χ1) is 14.4. The van der Waals surface area contributed by atoms with Crippen molar-refractivity contribution in [3.8, 4) is 11.5 Å². The molecule has 0 bridgehead atoms. The number of carbonyl (C=O) groups is 2. The van der Waals surface area contributed by atoms with Gasteiger partial charge in [-0.05, 0) is 69.2 Å². The van der Waals surface area contributed by atoms with Gasteiger partial charge < -0.3 is 19.7 Å². The summed E-state index contributed by atoms with van der Waals surface area (Å²) in [5.74, 6) is 1.29. The lowest BCUT2D eigenvalue weighted by molar-refractivity contribution is 0.0773. The molecule has 162 valence electrons. The van der Waals surface area contributed by atoms with E-state index >= 15 is 0 Å². The van der Waals surface area contributed by atoms with Crippen LogP contribution >= 0.6 is 0 Å². The molecule has 0 aliphatic carbocycles. The Hall–Kier alpha value is -3.02. The van der Waals surface area contributed by atoms with Crippen LogP contribution in [0.3, 0.4) is 0 Å². The quantitative estimate of drug-likeness (QED) is 0.605. The molecule has 0 saturated heterocycles. The summed E-state index contributed by atoms with van der Waals surface area (Å²) in [6.45, 7) is 12.3. The number of hydrogen-bond acceptors (Lipinski definition) is 4. The lowest BCUT2D eigenvalue weighted by atomic mass is 10.1. The molecular weight excluding hydrogens is 380 g/mol. The van der Waals surface area contributed by atoms with E-state index < -0.39 is 0 Å². The normalized spacial score (nSPS) is 10.6. The van der Waals surface area contributed by atoms with Gasteiger partial charge in [-0.15, -0.1) is 0 Å². The fraction of sp³-hybridized carbons (Fsp3) is 0.417. The van der Waals surface area contributed by atoms with Crippen LogP contribution in [0.5, 0.6) is 11.5 Å². The van der Waals surface area contributed by atoms with Gasteiger partial charge in [0.1, 0.15) is 0 Å². The predicted octanol–water partition coefficient (Wildman–Crippen LogP) is 4.85. The van der Waals surface area contributed by atoms with Crippen LogP contribution in [0.25, 0.3) is 0 Å². The Morgan fingerprint density at radius 1 is 0.900 bits per heavy atom. The molecule has 30 heavy (non-hydrogen) atoms. The molecule has 0 heterocycles. The molecule has 0 aliphatic rings. The number of anilines is 1. The summed E-state index contributed by atoms with van der Waals surface area (Å²) in [4.78, 5) is 26.8. The number of ether oxygens (including phenoxy) is 2. The van der Waals surface area contributed by atoms with Crippen LogP contribution in [0.4, 0.5) is 5.69 Å². The third-order valence-corrected chi connectivity index (χ3v) is 4.52. The first-order valence-electron chi connectivity index (χ1n) is 10.5. The third-order valence-electron chi connectivity index (χ3n) is 4.52. The minimum atomic E-state index is -0.255. The Labute approximate surface area is 179 Å². The summed E-state index contributed by atoms with van der Waals surface area (Å²) >= 11 is 0. The minimum Gasteiger partial charge on any atom is -0.490 e. The molecule has 2 aromatic carbocycles. The standard InChI is InChI=1S/C24H32N2O4/c1-6-26(7-2)24(28)18-9-12-20(13-10-18)25-23(27)19-11-14-21(30-16-17(4)5)22(15-19)29-8-3/h9-15,17H,6-8,16H2,1-5H3,(H,25,27). The molecule has 6 nitrogen and oxygen atoms in total. The Bertz CT molecular complexity index is 843. The highest BCUT2D eigenvalue weighted by Crippen LogP contribution is 2.29. The van der Waals surface area contributed by atoms with Crippen LogP contribution in [-0.4, -0.2) is 43.0 Å². The van der Waals surface area contributed by atoms with Crippen molar-refractivity contribution in [2.24, 2.45) is 5.92 Å². The maximum atomic E-state index is 12.7. The highest BCUT2D eigenvalue weighted by molar-refractivity contribution is 6.05. The smallest absolute Gasteiger partial charge is 0.255 e. The number of carbonyl (C=O) groups excluding carboxylic acids is 2. The molecule has 0 aromatic heterocycles. The van der Waals surface area contributed by atoms with E-state index in [1.54, 1.807) is 47.4 Å². The van der Waals surface area contributed by atoms with Crippen molar-refractivity contribution in [1.29, 1.82) is 0 Å². The second-order valence-corrected chi connectivity index (χ2v) is 7.31. The van der Waals surface area contributed by atoms with Crippen molar-refractivity contribution in [1.82, 2.24) is 4.90 Å². The van der Waals surface area contributed by atoms with Crippen LogP contribution in [0, 0.1) is 5.92 Å². The van der Waals surface area contributed by atoms with Crippen molar-refractivity contribution in [2.75, 3.05) is 31.6 Å². The van der Waals surface area contributed by atoms with Crippen molar-refractivity contribution in [2.45, 2.75) is 34.6 Å². The Balaban J connectivity index is 2.11. The van der Waals surface area contributed by atoms with Crippen LogP contribution in [0.15, 0.2) is 42.5 Å². The van der Waals surface area contributed by atoms with E-state index in [0.29, 0.717) is 60.5 Å². The van der Waals surface area contributed by atoms with Gasteiger partial charge in [-0.3, -0.25) is 9.59 Å². The Morgan fingerprint density at radius 3 is 2.10 bits per heavy atom. The van der Waals surface area contributed by atoms with Crippen LogP contribution in [0.1, 0.15) is 55.3 Å². The summed E-state index contributed by atoms with van der Waals surface area (Å²) in [5, 5.41) is 2.86. The third kappa shape index (κ3) is 6.24. The zero-order valence-corrected chi connectivity index (χ0v) is 18.5. The second kappa shape index (κ2) is 11.2. The van der Waals surface area contributed by atoms with E-state index in [9.17, 15) is 9.59 Å². The highest BCUT2D eigenvalue weighted by atomic mass is 16.5. The van der Waals surface area contributed by atoms with E-state index in [0.717, 1.165) is 0 Å². The maximum Gasteiger partial charge on any atom is 0.255 e. The van der Waals surface area contributed by atoms with Gasteiger partial charge in [-0.1, -0.05) is 13.8 Å². The lowest BCUT2D eigenvalue weighted by Crippen LogP contribution is -2.30. The molecular formula is C24H32N2O4. The number of nitrogens with zero attached hydrogens (tertiary/aromatic N) is 1. The second-order valence-electron chi connectivity index (χ2n) is 7.31. The zero-order valence-electron chi connectivity index (χ0n) is 18.5. The summed E-state index contributed by atoms with van der Waals surface area (Å²) < 4.78 is 11.4. The van der Waals surface area contributed by atoms with Gasteiger partial charge in [0.05, 0.1) is 13.2 Å². The summed E-state index contributed by atoms with van der Waals surface area (Å²) in [6.07, 6.45) is 0. The number of amides is 2. The number of rotatable bonds is 10. The van der Waals surface area contributed by atoms with Gasteiger partial charge in [-0.2, -0.15) is 0 Å². The van der Waals surface area contributed by atoms with E-state index in [2.05, 4.69) is 19.2 Å². The van der Waals surface area contributed by atoms with E-state index in [-0.39, 0.29) is 11.8 Å². The topological polar surface area (TPSA) is 67.9 Å². The summed E-state index contributed by atoms with van der Waals surface area (Å²) in [7, 11) is 0. The number of nitrogens with one attached hydrogen (secondary N) is 1. The fourth-order valence-electron chi connectivity index (χ4n) is 2.89. The van der Waals surface area contributed by atoms with Gasteiger partial charge >= 0.3 is 0 Å². The van der Waals surface area contributed by atoms with Crippen molar-refractivity contribution in [3.63, 3.8) is 0 Å². The summed E-state index contributed by atoms with van der Waals surface area (Å²) in [5.41, 5.74) is 1.69. The van der Waals surface area contributed by atoms with Gasteiger partial charge in [-0.25, -0.2) is 0 Å². The molecule has 2 aromatic rings. The molecule has 0 fully saturated rings. The van der Waals surface area contributed by atoms with Crippen LogP contribution in [0.2, 0.25) is 0 Å². The first-order valence-corrected chi connectivity index (χ1v) is 10.5. The fourth-order valence-corrected chi connectivity index (χ4v) is 2.89. The molecule has 0 atom stereocenters. The van der Waals surface area contributed by atoms with Crippen molar-refractivity contribution in [3.05, 3.63) is 53.6 Å². The molecule has 0 radical (unpaired) electrons. The number of benzene rings is 2. The molecule has 0 aliphatic heterocycles. The van der Waals surface area contributed by atoms with E-state index in [1.165, 1.54) is 0 Å². The molecule has 2 amide bonds. The molecule has 0 unspecified atom stereocenters. The van der Waals surface area contributed by atoms with Crippen LogP contribution < -0.4 is 14.8 Å². The molecule has 0 spiro atoms. The molecule has 1 N–H and O–H groups in total. The molecule has 0 saturated carbocycles. The first kappa shape index (κ1) is 23.3. The zero-order chi connectivity index (χ0) is 22.1. The van der Waals surface area contributed by atoms with Gasteiger partial charge in [0, 0.05) is 29.9 Å². The van der Waals surface area contributed by atoms with Gasteiger partial charge in [0.2, 0.25) is 0 Å². The maximum absolute atomic E-state index is 12.7. The predicted molar refractivity (Wildman–Crippen MR) is 120 cm³/mol. The molecule has 6 heteroatoms. The van der Waals surface area contributed by atoms with Crippen molar-refractivity contribution >= 4 is 17.5 Å². The van der Waals surface area contributed by atoms with E-state index in [4.69, 9.17) is 9.47 Å². The average Bonchev–Trinajstić information content (AvgIpc) is 2.74. The average molecular weight is 413 g/mol. The Kier molecular flexibility index (Phi) is 8.71. The van der Waals surface area contributed by atoms with Crippen LogP contribution in [-0.2, 0) is 0 Å². The van der Waals surface area contributed by atoms with E-state index in [1.807, 2.05) is 20.8 Å². The largest absolute Gasteiger partial charge is 0.490 e. The van der Waals surface area contributed by atoms with Gasteiger partial charge in [0.25, 0.3) is 11.8 Å². The molecule has 2 rings (SSSR count). The lowest BCUT2D eigenvalue weighted by Gasteiger charge is -2.18. The number of hydrogen-bond donors (Lipinski definition) is 1. The summed E-state index contributed by atoms with van der Waals surface area (Å²) in [6, 6.07) is 12.1. The van der Waals surface area contributed by atoms with Crippen molar-refractivity contribution < 1.29 is 19.1 Å².